The molecule has 5 N–H and O–H groups in total. The van der Waals surface area contributed by atoms with E-state index in [9.17, 15) is 20.1 Å². The smallest absolute Gasteiger partial charge is 0.353 e. The quantitative estimate of drug-likeness (QED) is 0.394. The molecule has 102 valence electrons. The zero-order chi connectivity index (χ0) is 16.2. The molecule has 0 aromatic carbocycles. The average Bonchev–Trinajstić information content (AvgIpc) is 2.51. The number of anilines is 1. The van der Waals surface area contributed by atoms with Crippen molar-refractivity contribution < 1.29 is 20.1 Å². The van der Waals surface area contributed by atoms with Gasteiger partial charge in [-0.25, -0.2) is 9.78 Å². The SMILES string of the molecule is [B]C([B])(O)C1([B])O[C@@]([B])(n2cnc(N)nc2=O)C(O)C1O. The maximum Gasteiger partial charge on any atom is 0.353 e. The average molecular weight is 283 g/mol. The van der Waals surface area contributed by atoms with Crippen LogP contribution in [0.1, 0.15) is 0 Å². The van der Waals surface area contributed by atoms with Crippen molar-refractivity contribution in [1.29, 1.82) is 0 Å². The molecule has 0 bridgehead atoms. The minimum Gasteiger partial charge on any atom is -0.407 e. The molecular formula is C8H8B4N4O5. The summed E-state index contributed by atoms with van der Waals surface area (Å²) in [7, 11) is 21.7. The molecule has 13 heteroatoms. The number of rotatable bonds is 2. The highest BCUT2D eigenvalue weighted by Gasteiger charge is 2.62. The van der Waals surface area contributed by atoms with Gasteiger partial charge in [0.2, 0.25) is 5.95 Å². The van der Waals surface area contributed by atoms with Crippen LogP contribution in [0, 0.1) is 0 Å². The summed E-state index contributed by atoms with van der Waals surface area (Å²) in [6.07, 6.45) is -3.18. The zero-order valence-corrected chi connectivity index (χ0v) is 10.6. The van der Waals surface area contributed by atoms with Crippen LogP contribution < -0.4 is 11.4 Å². The van der Waals surface area contributed by atoms with Crippen molar-refractivity contribution >= 4 is 37.3 Å². The summed E-state index contributed by atoms with van der Waals surface area (Å²) in [5.41, 5.74) is -0.816. The summed E-state index contributed by atoms with van der Waals surface area (Å²) in [5, 5.41) is 26.8. The standard InChI is InChI=1S/C8H8B4N4O5/c9-6(8(11,12)20)2(17)3(18)7(10,21-6)16-1-14-4(13)15-5(16)19/h1-3,17-18,20H,(H2,13,15,19)/t2?,3?,6?,7-/m0/s1. The molecule has 1 aliphatic heterocycles. The van der Waals surface area contributed by atoms with Gasteiger partial charge in [0.05, 0.1) is 5.50 Å². The van der Waals surface area contributed by atoms with E-state index < -0.39 is 34.4 Å². The Hall–Kier alpha value is -1.29. The fourth-order valence-corrected chi connectivity index (χ4v) is 1.95. The van der Waals surface area contributed by atoms with Crippen LogP contribution in [0.15, 0.2) is 11.1 Å². The molecule has 9 nitrogen and oxygen atoms in total. The molecule has 0 saturated carbocycles. The molecular weight excluding hydrogens is 275 g/mol. The van der Waals surface area contributed by atoms with Crippen LogP contribution in [0.25, 0.3) is 0 Å². The lowest BCUT2D eigenvalue weighted by molar-refractivity contribution is -0.127. The third-order valence-electron chi connectivity index (χ3n) is 3.22. The molecule has 8 radical (unpaired) electrons. The van der Waals surface area contributed by atoms with E-state index in [-0.39, 0.29) is 5.95 Å². The van der Waals surface area contributed by atoms with Crippen molar-refractivity contribution in [2.75, 3.05) is 5.73 Å². The number of nitrogen functional groups attached to an aromatic ring is 1. The lowest BCUT2D eigenvalue weighted by Crippen LogP contribution is -2.63. The van der Waals surface area contributed by atoms with Gasteiger partial charge in [-0.05, 0) is 0 Å². The van der Waals surface area contributed by atoms with Crippen molar-refractivity contribution in [3.8, 4) is 0 Å². The Bertz CT molecular complexity index is 623. The first-order valence-corrected chi connectivity index (χ1v) is 5.59. The molecule has 0 aliphatic carbocycles. The first-order chi connectivity index (χ1) is 9.43. The number of aliphatic hydroxyl groups is 3. The lowest BCUT2D eigenvalue weighted by Gasteiger charge is -2.42. The molecule has 0 spiro atoms. The number of nitrogens with two attached hydrogens (primary N) is 1. The van der Waals surface area contributed by atoms with E-state index in [2.05, 4.69) is 9.97 Å². The highest BCUT2D eigenvalue weighted by molar-refractivity contribution is 6.44. The fourth-order valence-electron chi connectivity index (χ4n) is 1.95. The maximum atomic E-state index is 11.8. The first kappa shape index (κ1) is 16.1. The van der Waals surface area contributed by atoms with Crippen molar-refractivity contribution in [3.63, 3.8) is 0 Å². The highest BCUT2D eigenvalue weighted by Crippen LogP contribution is 2.41. The zero-order valence-electron chi connectivity index (χ0n) is 10.6. The molecule has 4 atom stereocenters. The van der Waals surface area contributed by atoms with Gasteiger partial charge in [-0.2, -0.15) is 4.98 Å². The van der Waals surface area contributed by atoms with Gasteiger partial charge in [-0.1, -0.05) is 0 Å². The summed E-state index contributed by atoms with van der Waals surface area (Å²) in [4.78, 5) is 18.6. The van der Waals surface area contributed by atoms with E-state index in [4.69, 9.17) is 41.9 Å². The van der Waals surface area contributed by atoms with Crippen LogP contribution in [0.2, 0.25) is 0 Å². The van der Waals surface area contributed by atoms with E-state index in [1.54, 1.807) is 0 Å². The molecule has 2 rings (SSSR count). The van der Waals surface area contributed by atoms with Crippen LogP contribution in [0.4, 0.5) is 5.95 Å². The largest absolute Gasteiger partial charge is 0.407 e. The summed E-state index contributed by atoms with van der Waals surface area (Å²) in [6.45, 7) is 0. The molecule has 1 aromatic heterocycles. The van der Waals surface area contributed by atoms with Gasteiger partial charge in [0.25, 0.3) is 0 Å². The van der Waals surface area contributed by atoms with Gasteiger partial charge in [0.1, 0.15) is 55.5 Å². The van der Waals surface area contributed by atoms with Crippen LogP contribution in [-0.2, 0) is 10.4 Å². The van der Waals surface area contributed by atoms with Crippen molar-refractivity contribution in [3.05, 3.63) is 16.8 Å². The van der Waals surface area contributed by atoms with Crippen LogP contribution >= 0.6 is 0 Å². The summed E-state index contributed by atoms with van der Waals surface area (Å²) >= 11 is 0. The van der Waals surface area contributed by atoms with Gasteiger partial charge in [-0.15, -0.1) is 0 Å². The minimum atomic E-state index is -2.77. The number of hydrogen-bond donors (Lipinski definition) is 4. The van der Waals surface area contributed by atoms with Crippen molar-refractivity contribution in [2.45, 2.75) is 28.7 Å². The fraction of sp³-hybridized carbons (Fsp3) is 0.625. The molecule has 2 heterocycles. The van der Waals surface area contributed by atoms with Crippen LogP contribution in [-0.4, -0.2) is 84.3 Å². The topological polar surface area (TPSA) is 144 Å². The third kappa shape index (κ3) is 2.20. The van der Waals surface area contributed by atoms with E-state index in [1.165, 1.54) is 0 Å². The number of aromatic nitrogens is 3. The number of hydrogen-bond acceptors (Lipinski definition) is 8. The molecule has 21 heavy (non-hydrogen) atoms. The first-order valence-electron chi connectivity index (χ1n) is 5.59. The Morgan fingerprint density at radius 3 is 2.38 bits per heavy atom. The Morgan fingerprint density at radius 2 is 1.95 bits per heavy atom. The van der Waals surface area contributed by atoms with Crippen molar-refractivity contribution in [2.24, 2.45) is 0 Å². The molecule has 1 saturated heterocycles. The van der Waals surface area contributed by atoms with E-state index in [0.29, 0.717) is 4.57 Å². The second-order valence-corrected chi connectivity index (χ2v) is 4.73. The summed E-state index contributed by atoms with van der Waals surface area (Å²) in [5.74, 6) is -0.346. The predicted molar refractivity (Wildman–Crippen MR) is 72.5 cm³/mol. The van der Waals surface area contributed by atoms with Gasteiger partial charge >= 0.3 is 5.69 Å². The molecule has 1 fully saturated rings. The van der Waals surface area contributed by atoms with Crippen LogP contribution in [0.5, 0.6) is 0 Å². The second-order valence-electron chi connectivity index (χ2n) is 4.73. The number of ether oxygens (including phenoxy) is 1. The molecule has 0 amide bonds. The van der Waals surface area contributed by atoms with Crippen LogP contribution in [0.3, 0.4) is 0 Å². The van der Waals surface area contributed by atoms with E-state index in [0.717, 1.165) is 6.33 Å². The molecule has 3 unspecified atom stereocenters. The van der Waals surface area contributed by atoms with E-state index in [1.807, 2.05) is 0 Å². The third-order valence-corrected chi connectivity index (χ3v) is 3.22. The van der Waals surface area contributed by atoms with Crippen molar-refractivity contribution in [1.82, 2.24) is 14.5 Å². The maximum absolute atomic E-state index is 11.8. The second kappa shape index (κ2) is 4.60. The molecule has 1 aromatic rings. The number of aliphatic hydroxyl groups excluding tert-OH is 2. The normalized spacial score (nSPS) is 36.7. The molecule has 1 aliphatic rings. The summed E-state index contributed by atoms with van der Waals surface area (Å²) in [6, 6.07) is 0. The van der Waals surface area contributed by atoms with Gasteiger partial charge in [0.15, 0.2) is 0 Å². The predicted octanol–water partition coefficient (Wildman–Crippen LogP) is -5.40. The Balaban J connectivity index is 2.56. The van der Waals surface area contributed by atoms with Gasteiger partial charge < -0.3 is 25.8 Å². The van der Waals surface area contributed by atoms with Gasteiger partial charge in [0, 0.05) is 5.40 Å². The summed E-state index contributed by atoms with van der Waals surface area (Å²) < 4.78 is 5.56. The Labute approximate surface area is 124 Å². The van der Waals surface area contributed by atoms with Gasteiger partial charge in [-0.3, -0.25) is 4.57 Å². The Morgan fingerprint density at radius 1 is 1.38 bits per heavy atom. The highest BCUT2D eigenvalue weighted by atomic mass is 16.6. The van der Waals surface area contributed by atoms with E-state index >= 15 is 0 Å². The monoisotopic (exact) mass is 284 g/mol. The minimum absolute atomic E-state index is 0.346. The lowest BCUT2D eigenvalue weighted by atomic mass is 9.47. The number of nitrogens with zero attached hydrogens (tertiary/aromatic N) is 3. The Kier molecular flexibility index (Phi) is 3.53.